The maximum absolute atomic E-state index is 12.9. The molecular formula is C15H22N4OS. The third-order valence-electron chi connectivity index (χ3n) is 4.41. The molecule has 1 fully saturated rings. The lowest BCUT2D eigenvalue weighted by molar-refractivity contribution is 0.0707. The zero-order valence-corrected chi connectivity index (χ0v) is 13.8. The Kier molecular flexibility index (Phi) is 3.43. The number of nitrogen functional groups attached to an aromatic ring is 1. The third kappa shape index (κ3) is 2.12. The van der Waals surface area contributed by atoms with E-state index in [2.05, 4.69) is 18.9 Å². The summed E-state index contributed by atoms with van der Waals surface area (Å²) in [6.45, 7) is 7.14. The van der Waals surface area contributed by atoms with Crippen molar-refractivity contribution in [3.63, 3.8) is 0 Å². The largest absolute Gasteiger partial charge is 0.397 e. The van der Waals surface area contributed by atoms with Crippen LogP contribution >= 0.6 is 11.3 Å². The summed E-state index contributed by atoms with van der Waals surface area (Å²) in [7, 11) is 1.90. The monoisotopic (exact) mass is 306 g/mol. The van der Waals surface area contributed by atoms with E-state index in [1.165, 1.54) is 11.3 Å². The van der Waals surface area contributed by atoms with Crippen molar-refractivity contribution in [2.24, 2.45) is 13.0 Å². The van der Waals surface area contributed by atoms with Crippen LogP contribution in [0.15, 0.2) is 0 Å². The fourth-order valence-corrected chi connectivity index (χ4v) is 4.50. The molecule has 21 heavy (non-hydrogen) atoms. The van der Waals surface area contributed by atoms with Gasteiger partial charge in [-0.2, -0.15) is 5.10 Å². The van der Waals surface area contributed by atoms with Gasteiger partial charge in [-0.05, 0) is 25.7 Å². The minimum Gasteiger partial charge on any atom is -0.397 e. The highest BCUT2D eigenvalue weighted by Gasteiger charge is 2.33. The molecule has 3 rings (SSSR count). The molecular weight excluding hydrogens is 284 g/mol. The van der Waals surface area contributed by atoms with Crippen LogP contribution in [-0.4, -0.2) is 33.2 Å². The molecule has 2 aromatic rings. The van der Waals surface area contributed by atoms with Gasteiger partial charge < -0.3 is 10.6 Å². The first-order valence-electron chi connectivity index (χ1n) is 7.44. The zero-order valence-electron chi connectivity index (χ0n) is 13.0. The molecule has 0 aliphatic carbocycles. The van der Waals surface area contributed by atoms with Crippen LogP contribution in [0.5, 0.6) is 0 Å². The predicted molar refractivity (Wildman–Crippen MR) is 86.6 cm³/mol. The molecule has 0 aromatic carbocycles. The van der Waals surface area contributed by atoms with Crippen LogP contribution in [0.25, 0.3) is 10.2 Å². The number of hydrogen-bond acceptors (Lipinski definition) is 4. The van der Waals surface area contributed by atoms with Gasteiger partial charge in [0.05, 0.1) is 16.8 Å². The Hall–Kier alpha value is -1.56. The molecule has 0 radical (unpaired) electrons. The van der Waals surface area contributed by atoms with Crippen LogP contribution in [0.4, 0.5) is 5.69 Å². The summed E-state index contributed by atoms with van der Waals surface area (Å²) in [5, 5.41) is 5.31. The molecule has 2 aromatic heterocycles. The van der Waals surface area contributed by atoms with Gasteiger partial charge in [0.15, 0.2) is 0 Å². The first kappa shape index (κ1) is 14.4. The second-order valence-corrected chi connectivity index (χ2v) is 7.19. The van der Waals surface area contributed by atoms with Gasteiger partial charge in [0.25, 0.3) is 5.91 Å². The quantitative estimate of drug-likeness (QED) is 0.928. The van der Waals surface area contributed by atoms with E-state index in [1.54, 1.807) is 0 Å². The van der Waals surface area contributed by atoms with Crippen LogP contribution in [0.2, 0.25) is 0 Å². The molecule has 1 aliphatic rings. The second kappa shape index (κ2) is 5.02. The summed E-state index contributed by atoms with van der Waals surface area (Å²) in [6, 6.07) is 0.335. The molecule has 6 heteroatoms. The van der Waals surface area contributed by atoms with Gasteiger partial charge in [0.1, 0.15) is 9.71 Å². The number of fused-ring (bicyclic) bond motifs is 1. The summed E-state index contributed by atoms with van der Waals surface area (Å²) >= 11 is 1.46. The average molecular weight is 306 g/mol. The Morgan fingerprint density at radius 3 is 2.81 bits per heavy atom. The molecule has 1 amide bonds. The highest BCUT2D eigenvalue weighted by atomic mass is 32.1. The number of hydrogen-bond donors (Lipinski definition) is 1. The molecule has 1 aliphatic heterocycles. The standard InChI is InChI=1S/C15H22N4OS/c1-8(2)10-6-5-7-19(10)14(20)13-12(16)11-9(3)17-18(4)15(11)21-13/h8,10H,5-7,16H2,1-4H3. The minimum atomic E-state index is 0.0873. The molecule has 1 saturated heterocycles. The molecule has 2 N–H and O–H groups in total. The number of likely N-dealkylation sites (tertiary alicyclic amines) is 1. The van der Waals surface area contributed by atoms with Crippen molar-refractivity contribution in [1.29, 1.82) is 0 Å². The summed E-state index contributed by atoms with van der Waals surface area (Å²) in [4.78, 5) is 16.6. The summed E-state index contributed by atoms with van der Waals surface area (Å²) in [5.41, 5.74) is 7.74. The highest BCUT2D eigenvalue weighted by molar-refractivity contribution is 7.21. The van der Waals surface area contributed by atoms with E-state index in [0.717, 1.165) is 35.3 Å². The number of aromatic nitrogens is 2. The summed E-state index contributed by atoms with van der Waals surface area (Å²) in [5.74, 6) is 0.569. The molecule has 1 unspecified atom stereocenters. The Labute approximate surface area is 128 Å². The van der Waals surface area contributed by atoms with E-state index in [9.17, 15) is 4.79 Å². The number of rotatable bonds is 2. The molecule has 114 valence electrons. The number of carbonyl (C=O) groups excluding carboxylic acids is 1. The van der Waals surface area contributed by atoms with Crippen molar-refractivity contribution in [1.82, 2.24) is 14.7 Å². The maximum Gasteiger partial charge on any atom is 0.266 e. The molecule has 5 nitrogen and oxygen atoms in total. The van der Waals surface area contributed by atoms with Gasteiger partial charge in [0, 0.05) is 19.6 Å². The lowest BCUT2D eigenvalue weighted by Crippen LogP contribution is -2.38. The number of amides is 1. The molecule has 3 heterocycles. The van der Waals surface area contributed by atoms with Crippen LogP contribution in [0.1, 0.15) is 42.1 Å². The smallest absolute Gasteiger partial charge is 0.266 e. The maximum atomic E-state index is 12.9. The Balaban J connectivity index is 2.02. The lowest BCUT2D eigenvalue weighted by atomic mass is 10.0. The SMILES string of the molecule is Cc1nn(C)c2sc(C(=O)N3CCCC3C(C)C)c(N)c12. The Bertz CT molecular complexity index is 700. The van der Waals surface area contributed by atoms with Crippen molar-refractivity contribution in [3.05, 3.63) is 10.6 Å². The molecule has 1 atom stereocenters. The first-order chi connectivity index (χ1) is 9.91. The van der Waals surface area contributed by atoms with Gasteiger partial charge >= 0.3 is 0 Å². The summed E-state index contributed by atoms with van der Waals surface area (Å²) < 4.78 is 1.81. The van der Waals surface area contributed by atoms with E-state index in [4.69, 9.17) is 5.73 Å². The first-order valence-corrected chi connectivity index (χ1v) is 8.26. The number of nitrogens with zero attached hydrogens (tertiary/aromatic N) is 3. The topological polar surface area (TPSA) is 64.2 Å². The molecule has 0 saturated carbocycles. The van der Waals surface area contributed by atoms with E-state index < -0.39 is 0 Å². The fraction of sp³-hybridized carbons (Fsp3) is 0.600. The van der Waals surface area contributed by atoms with Gasteiger partial charge in [-0.1, -0.05) is 13.8 Å². The Morgan fingerprint density at radius 1 is 1.48 bits per heavy atom. The number of thiophene rings is 1. The van der Waals surface area contributed by atoms with Gasteiger partial charge in [-0.25, -0.2) is 0 Å². The number of nitrogens with two attached hydrogens (primary N) is 1. The third-order valence-corrected chi connectivity index (χ3v) is 5.67. The number of aryl methyl sites for hydroxylation is 2. The summed E-state index contributed by atoms with van der Waals surface area (Å²) in [6.07, 6.45) is 2.18. The normalized spacial score (nSPS) is 19.1. The van der Waals surface area contributed by atoms with Crippen molar-refractivity contribution in [2.45, 2.75) is 39.7 Å². The number of anilines is 1. The van der Waals surface area contributed by atoms with E-state index in [1.807, 2.05) is 23.6 Å². The fourth-order valence-electron chi connectivity index (χ4n) is 3.36. The minimum absolute atomic E-state index is 0.0873. The van der Waals surface area contributed by atoms with Gasteiger partial charge in [-0.15, -0.1) is 11.3 Å². The number of carbonyl (C=O) groups is 1. The van der Waals surface area contributed by atoms with Crippen LogP contribution < -0.4 is 5.73 Å². The van der Waals surface area contributed by atoms with Crippen LogP contribution in [0, 0.1) is 12.8 Å². The van der Waals surface area contributed by atoms with E-state index in [-0.39, 0.29) is 5.91 Å². The Morgan fingerprint density at radius 2 is 2.19 bits per heavy atom. The second-order valence-electron chi connectivity index (χ2n) is 6.19. The molecule has 0 spiro atoms. The van der Waals surface area contributed by atoms with Crippen molar-refractivity contribution >= 4 is 33.1 Å². The van der Waals surface area contributed by atoms with Crippen molar-refractivity contribution in [2.75, 3.05) is 12.3 Å². The highest BCUT2D eigenvalue weighted by Crippen LogP contribution is 2.37. The lowest BCUT2D eigenvalue weighted by Gasteiger charge is -2.27. The van der Waals surface area contributed by atoms with E-state index in [0.29, 0.717) is 22.5 Å². The predicted octanol–water partition coefficient (Wildman–Crippen LogP) is 2.79. The average Bonchev–Trinajstić information content (AvgIpc) is 3.07. The van der Waals surface area contributed by atoms with Gasteiger partial charge in [-0.3, -0.25) is 9.48 Å². The zero-order chi connectivity index (χ0) is 15.3. The van der Waals surface area contributed by atoms with Gasteiger partial charge in [0.2, 0.25) is 0 Å². The molecule has 0 bridgehead atoms. The van der Waals surface area contributed by atoms with Crippen LogP contribution in [-0.2, 0) is 7.05 Å². The van der Waals surface area contributed by atoms with E-state index >= 15 is 0 Å². The van der Waals surface area contributed by atoms with Crippen molar-refractivity contribution in [3.8, 4) is 0 Å². The van der Waals surface area contributed by atoms with Crippen molar-refractivity contribution < 1.29 is 4.79 Å². The van der Waals surface area contributed by atoms with Crippen LogP contribution in [0.3, 0.4) is 0 Å².